The van der Waals surface area contributed by atoms with Gasteiger partial charge in [0.2, 0.25) is 15.7 Å². The van der Waals surface area contributed by atoms with Crippen molar-refractivity contribution in [3.8, 4) is 0 Å². The molecule has 1 heterocycles. The number of amides is 1. The van der Waals surface area contributed by atoms with E-state index in [1.807, 2.05) is 0 Å². The van der Waals surface area contributed by atoms with Crippen LogP contribution in [-0.2, 0) is 20.8 Å². The molecule has 0 spiro atoms. The van der Waals surface area contributed by atoms with E-state index in [1.165, 1.54) is 37.3 Å². The maximum atomic E-state index is 12.8. The molecule has 5 nitrogen and oxygen atoms in total. The summed E-state index contributed by atoms with van der Waals surface area (Å²) in [4.78, 5) is 15.6. The first-order valence-electron chi connectivity index (χ1n) is 8.99. The Bertz CT molecular complexity index is 1220. The van der Waals surface area contributed by atoms with E-state index in [9.17, 15) is 26.4 Å². The average molecular weight is 446 g/mol. The topological polar surface area (TPSA) is 76.1 Å². The molecule has 0 aliphatic rings. The van der Waals surface area contributed by atoms with Crippen LogP contribution in [0.15, 0.2) is 82.9 Å². The second kappa shape index (κ2) is 8.73. The van der Waals surface area contributed by atoms with Crippen molar-refractivity contribution in [1.82, 2.24) is 4.98 Å². The summed E-state index contributed by atoms with van der Waals surface area (Å²) in [7, 11) is -4.02. The van der Waals surface area contributed by atoms with E-state index in [-0.39, 0.29) is 15.4 Å². The van der Waals surface area contributed by atoms with Gasteiger partial charge >= 0.3 is 6.18 Å². The van der Waals surface area contributed by atoms with Gasteiger partial charge in [-0.25, -0.2) is 8.42 Å². The molecule has 2 aromatic carbocycles. The van der Waals surface area contributed by atoms with Crippen molar-refractivity contribution in [2.75, 3.05) is 5.32 Å². The molecule has 1 amide bonds. The normalized spacial score (nSPS) is 12.1. The van der Waals surface area contributed by atoms with Gasteiger partial charge in [0, 0.05) is 24.2 Å². The Balaban J connectivity index is 1.76. The number of benzene rings is 2. The Morgan fingerprint density at radius 1 is 1.06 bits per heavy atom. The summed E-state index contributed by atoms with van der Waals surface area (Å²) < 4.78 is 64.1. The lowest BCUT2D eigenvalue weighted by molar-refractivity contribution is -0.137. The van der Waals surface area contributed by atoms with Crippen LogP contribution in [0.3, 0.4) is 0 Å². The van der Waals surface area contributed by atoms with Gasteiger partial charge in [0.1, 0.15) is 0 Å². The molecular formula is C22H17F3N2O3S. The molecule has 1 aromatic heterocycles. The lowest BCUT2D eigenvalue weighted by Crippen LogP contribution is -2.10. The molecule has 3 rings (SSSR count). The molecule has 9 heteroatoms. The highest BCUT2D eigenvalue weighted by molar-refractivity contribution is 7.91. The molecule has 1 N–H and O–H groups in total. The van der Waals surface area contributed by atoms with Crippen molar-refractivity contribution < 1.29 is 26.4 Å². The molecule has 0 aliphatic heterocycles. The van der Waals surface area contributed by atoms with E-state index in [1.54, 1.807) is 30.6 Å². The van der Waals surface area contributed by atoms with Crippen LogP contribution in [0.4, 0.5) is 18.9 Å². The molecule has 0 bridgehead atoms. The predicted molar refractivity (Wildman–Crippen MR) is 110 cm³/mol. The zero-order chi connectivity index (χ0) is 22.6. The third kappa shape index (κ3) is 5.37. The number of hydrogen-bond acceptors (Lipinski definition) is 4. The molecule has 0 fully saturated rings. The SMILES string of the molecule is Cc1cc(C(F)(F)F)ccc1S(=O)(=O)c1ccc(NC(=O)/C=C/c2cccnc2)cc1. The number of carbonyl (C=O) groups is 1. The number of sulfone groups is 1. The maximum absolute atomic E-state index is 12.8. The van der Waals surface area contributed by atoms with Crippen molar-refractivity contribution >= 4 is 27.5 Å². The number of aromatic nitrogens is 1. The number of nitrogens with zero attached hydrogens (tertiary/aromatic N) is 1. The molecule has 0 aliphatic carbocycles. The number of alkyl halides is 3. The van der Waals surface area contributed by atoms with Crippen molar-refractivity contribution in [2.45, 2.75) is 22.9 Å². The number of nitrogens with one attached hydrogen (secondary N) is 1. The van der Waals surface area contributed by atoms with Gasteiger partial charge in [0.15, 0.2) is 0 Å². The lowest BCUT2D eigenvalue weighted by atomic mass is 10.1. The summed E-state index contributed by atoms with van der Waals surface area (Å²) in [6.07, 6.45) is 1.53. The Kier molecular flexibility index (Phi) is 6.26. The number of aryl methyl sites for hydroxylation is 1. The number of hydrogen-bond donors (Lipinski definition) is 1. The third-order valence-electron chi connectivity index (χ3n) is 4.34. The maximum Gasteiger partial charge on any atom is 0.416 e. The molecule has 160 valence electrons. The minimum atomic E-state index is -4.56. The van der Waals surface area contributed by atoms with E-state index >= 15 is 0 Å². The minimum Gasteiger partial charge on any atom is -0.323 e. The first-order valence-corrected chi connectivity index (χ1v) is 10.5. The molecule has 0 unspecified atom stereocenters. The van der Waals surface area contributed by atoms with Crippen molar-refractivity contribution in [3.63, 3.8) is 0 Å². The van der Waals surface area contributed by atoms with Crippen LogP contribution < -0.4 is 5.32 Å². The second-order valence-electron chi connectivity index (χ2n) is 6.61. The molecular weight excluding hydrogens is 429 g/mol. The fraction of sp³-hybridized carbons (Fsp3) is 0.0909. The Labute approximate surface area is 177 Å². The predicted octanol–water partition coefficient (Wildman–Crippen LogP) is 4.89. The molecule has 31 heavy (non-hydrogen) atoms. The monoisotopic (exact) mass is 446 g/mol. The summed E-state index contributed by atoms with van der Waals surface area (Å²) in [5, 5.41) is 2.60. The zero-order valence-electron chi connectivity index (χ0n) is 16.2. The van der Waals surface area contributed by atoms with E-state index in [0.29, 0.717) is 5.69 Å². The number of halogens is 3. The smallest absolute Gasteiger partial charge is 0.323 e. The summed E-state index contributed by atoms with van der Waals surface area (Å²) in [5.74, 6) is -0.418. The van der Waals surface area contributed by atoms with Gasteiger partial charge in [0.25, 0.3) is 0 Å². The summed E-state index contributed by atoms with van der Waals surface area (Å²) in [5.41, 5.74) is 0.184. The van der Waals surface area contributed by atoms with Gasteiger partial charge in [0.05, 0.1) is 15.4 Å². The molecule has 0 saturated carbocycles. The highest BCUT2D eigenvalue weighted by Gasteiger charge is 2.32. The Hall–Kier alpha value is -3.46. The van der Waals surface area contributed by atoms with E-state index in [2.05, 4.69) is 10.3 Å². The van der Waals surface area contributed by atoms with Crippen LogP contribution >= 0.6 is 0 Å². The van der Waals surface area contributed by atoms with Crippen molar-refractivity contribution in [3.05, 3.63) is 89.8 Å². The first-order chi connectivity index (χ1) is 14.6. The lowest BCUT2D eigenvalue weighted by Gasteiger charge is -2.12. The second-order valence-corrected chi connectivity index (χ2v) is 8.53. The third-order valence-corrected chi connectivity index (χ3v) is 6.27. The summed E-state index contributed by atoms with van der Waals surface area (Å²) >= 11 is 0. The van der Waals surface area contributed by atoms with E-state index < -0.39 is 27.5 Å². The van der Waals surface area contributed by atoms with Crippen molar-refractivity contribution in [2.24, 2.45) is 0 Å². The Morgan fingerprint density at radius 2 is 1.77 bits per heavy atom. The Morgan fingerprint density at radius 3 is 2.35 bits per heavy atom. The summed E-state index contributed by atoms with van der Waals surface area (Å²) in [6.45, 7) is 1.31. The van der Waals surface area contributed by atoms with Crippen LogP contribution in [0.5, 0.6) is 0 Å². The van der Waals surface area contributed by atoms with Crippen LogP contribution in [0.25, 0.3) is 6.08 Å². The van der Waals surface area contributed by atoms with Gasteiger partial charge in [-0.05, 0) is 72.7 Å². The highest BCUT2D eigenvalue weighted by Crippen LogP contribution is 2.33. The largest absolute Gasteiger partial charge is 0.416 e. The van der Waals surface area contributed by atoms with Gasteiger partial charge in [-0.3, -0.25) is 9.78 Å². The average Bonchev–Trinajstić information content (AvgIpc) is 2.72. The number of pyridine rings is 1. The van der Waals surface area contributed by atoms with Gasteiger partial charge in [-0.2, -0.15) is 13.2 Å². The minimum absolute atomic E-state index is 0.00672. The highest BCUT2D eigenvalue weighted by atomic mass is 32.2. The van der Waals surface area contributed by atoms with Crippen LogP contribution in [-0.4, -0.2) is 19.3 Å². The fourth-order valence-electron chi connectivity index (χ4n) is 2.80. The molecule has 3 aromatic rings. The zero-order valence-corrected chi connectivity index (χ0v) is 17.0. The standard InChI is InChI=1S/C22H17F3N2O3S/c1-15-13-17(22(23,24)25)5-10-20(15)31(29,30)19-8-6-18(7-9-19)27-21(28)11-4-16-3-2-12-26-14-16/h2-14H,1H3,(H,27,28)/b11-4+. The van der Waals surface area contributed by atoms with E-state index in [4.69, 9.17) is 0 Å². The number of carbonyl (C=O) groups excluding carboxylic acids is 1. The number of anilines is 1. The van der Waals surface area contributed by atoms with Gasteiger partial charge in [-0.15, -0.1) is 0 Å². The van der Waals surface area contributed by atoms with E-state index in [0.717, 1.165) is 23.8 Å². The quantitative estimate of drug-likeness (QED) is 0.566. The van der Waals surface area contributed by atoms with Crippen molar-refractivity contribution in [1.29, 1.82) is 0 Å². The number of rotatable bonds is 5. The first kappa shape index (κ1) is 22.2. The van der Waals surface area contributed by atoms with Gasteiger partial charge in [-0.1, -0.05) is 6.07 Å². The molecule has 0 atom stereocenters. The fourth-order valence-corrected chi connectivity index (χ4v) is 4.28. The summed E-state index contributed by atoms with van der Waals surface area (Å²) in [6, 6.07) is 11.4. The van der Waals surface area contributed by atoms with Gasteiger partial charge < -0.3 is 5.32 Å². The molecule has 0 radical (unpaired) electrons. The van der Waals surface area contributed by atoms with Crippen LogP contribution in [0, 0.1) is 6.92 Å². The molecule has 0 saturated heterocycles. The van der Waals surface area contributed by atoms with Crippen LogP contribution in [0.2, 0.25) is 0 Å². The van der Waals surface area contributed by atoms with Crippen LogP contribution in [0.1, 0.15) is 16.7 Å².